The van der Waals surface area contributed by atoms with Crippen molar-refractivity contribution >= 4 is 5.95 Å². The van der Waals surface area contributed by atoms with Crippen molar-refractivity contribution in [3.63, 3.8) is 0 Å². The topological polar surface area (TPSA) is 75.7 Å². The molecule has 0 radical (unpaired) electrons. The summed E-state index contributed by atoms with van der Waals surface area (Å²) in [5.74, 6) is 1.24. The van der Waals surface area contributed by atoms with Gasteiger partial charge in [0.15, 0.2) is 0 Å². The smallest absolute Gasteiger partial charge is 0.226 e. The van der Waals surface area contributed by atoms with E-state index >= 15 is 0 Å². The van der Waals surface area contributed by atoms with Crippen molar-refractivity contribution in [1.82, 2.24) is 20.2 Å². The number of nitrogens with one attached hydrogen (secondary N) is 2. The maximum absolute atomic E-state index is 5.61. The molecule has 0 unspecified atom stereocenters. The second-order valence-electron chi connectivity index (χ2n) is 5.39. The number of nitrogens with zero attached hydrogens (tertiary/aromatic N) is 3. The van der Waals surface area contributed by atoms with E-state index in [-0.39, 0.29) is 6.10 Å². The van der Waals surface area contributed by atoms with Crippen LogP contribution < -0.4 is 10.1 Å². The van der Waals surface area contributed by atoms with Crippen LogP contribution in [0.4, 0.5) is 5.95 Å². The second kappa shape index (κ2) is 7.06. The molecule has 2 N–H and O–H groups in total. The van der Waals surface area contributed by atoms with Crippen LogP contribution >= 0.6 is 0 Å². The molecule has 0 amide bonds. The minimum atomic E-state index is 0.108. The Balaban J connectivity index is 1.85. The van der Waals surface area contributed by atoms with Gasteiger partial charge < -0.3 is 10.1 Å². The molecule has 0 aliphatic heterocycles. The number of H-pyrrole nitrogens is 1. The van der Waals surface area contributed by atoms with Crippen LogP contribution in [-0.2, 0) is 6.42 Å². The molecule has 2 aromatic rings. The molecule has 0 aliphatic rings. The molecule has 0 aromatic carbocycles. The summed E-state index contributed by atoms with van der Waals surface area (Å²) >= 11 is 0. The lowest BCUT2D eigenvalue weighted by molar-refractivity contribution is 0.232. The van der Waals surface area contributed by atoms with Crippen LogP contribution in [0.2, 0.25) is 0 Å². The Labute approximate surface area is 125 Å². The average Bonchev–Trinajstić information content (AvgIpc) is 2.79. The van der Waals surface area contributed by atoms with Crippen LogP contribution in [0.3, 0.4) is 0 Å². The number of ether oxygens (including phenoxy) is 1. The number of hydrogen-bond acceptors (Lipinski definition) is 5. The molecular formula is C15H23N5O. The standard InChI is InChI=1S/C15H23N5O/c1-10(2)21-14-8-11(3)18-15(19-14)16-7-5-6-13-9-17-20-12(13)4/h8-10H,5-7H2,1-4H3,(H,17,20)(H,16,18,19). The van der Waals surface area contributed by atoms with E-state index in [1.165, 1.54) is 5.56 Å². The molecule has 0 spiro atoms. The molecule has 2 aromatic heterocycles. The fourth-order valence-corrected chi connectivity index (χ4v) is 2.03. The number of aromatic nitrogens is 4. The highest BCUT2D eigenvalue weighted by Crippen LogP contribution is 2.13. The largest absolute Gasteiger partial charge is 0.475 e. The van der Waals surface area contributed by atoms with Gasteiger partial charge in [-0.3, -0.25) is 5.10 Å². The number of rotatable bonds is 7. The van der Waals surface area contributed by atoms with Crippen molar-refractivity contribution < 1.29 is 4.74 Å². The normalized spacial score (nSPS) is 10.9. The molecule has 0 aliphatic carbocycles. The van der Waals surface area contributed by atoms with Gasteiger partial charge >= 0.3 is 0 Å². The van der Waals surface area contributed by atoms with E-state index in [0.29, 0.717) is 11.8 Å². The van der Waals surface area contributed by atoms with E-state index in [1.807, 2.05) is 40.0 Å². The van der Waals surface area contributed by atoms with E-state index in [2.05, 4.69) is 25.5 Å². The highest BCUT2D eigenvalue weighted by atomic mass is 16.5. The fourth-order valence-electron chi connectivity index (χ4n) is 2.03. The van der Waals surface area contributed by atoms with Crippen LogP contribution in [0.15, 0.2) is 12.3 Å². The zero-order valence-electron chi connectivity index (χ0n) is 13.1. The summed E-state index contributed by atoms with van der Waals surface area (Å²) in [5, 5.41) is 10.2. The Kier molecular flexibility index (Phi) is 5.14. The lowest BCUT2D eigenvalue weighted by atomic mass is 10.1. The summed E-state index contributed by atoms with van der Waals surface area (Å²) in [6.45, 7) is 8.76. The third-order valence-corrected chi connectivity index (χ3v) is 3.03. The molecule has 21 heavy (non-hydrogen) atoms. The van der Waals surface area contributed by atoms with E-state index in [9.17, 15) is 0 Å². The van der Waals surface area contributed by atoms with Crippen LogP contribution in [0.25, 0.3) is 0 Å². The molecule has 0 bridgehead atoms. The summed E-state index contributed by atoms with van der Waals surface area (Å²) in [5.41, 5.74) is 3.29. The van der Waals surface area contributed by atoms with Crippen molar-refractivity contribution in [3.8, 4) is 5.88 Å². The minimum absolute atomic E-state index is 0.108. The van der Waals surface area contributed by atoms with Gasteiger partial charge in [-0.2, -0.15) is 10.1 Å². The first-order chi connectivity index (χ1) is 10.0. The maximum Gasteiger partial charge on any atom is 0.226 e. The summed E-state index contributed by atoms with van der Waals surface area (Å²) in [7, 11) is 0. The Morgan fingerprint density at radius 3 is 2.76 bits per heavy atom. The SMILES string of the molecule is Cc1cc(OC(C)C)nc(NCCCc2cn[nH]c2C)n1. The number of aromatic amines is 1. The lowest BCUT2D eigenvalue weighted by Crippen LogP contribution is -2.11. The lowest BCUT2D eigenvalue weighted by Gasteiger charge is -2.11. The minimum Gasteiger partial charge on any atom is -0.475 e. The zero-order valence-corrected chi connectivity index (χ0v) is 13.1. The Bertz CT molecular complexity index is 579. The van der Waals surface area contributed by atoms with Crippen molar-refractivity contribution in [2.24, 2.45) is 0 Å². The molecule has 2 heterocycles. The van der Waals surface area contributed by atoms with Crippen molar-refractivity contribution in [3.05, 3.63) is 29.2 Å². The molecule has 0 saturated heterocycles. The van der Waals surface area contributed by atoms with Gasteiger partial charge in [-0.15, -0.1) is 0 Å². The van der Waals surface area contributed by atoms with Gasteiger partial charge in [0.25, 0.3) is 0 Å². The number of anilines is 1. The third kappa shape index (κ3) is 4.73. The summed E-state index contributed by atoms with van der Waals surface area (Å²) in [4.78, 5) is 8.74. The number of aryl methyl sites for hydroxylation is 3. The van der Waals surface area contributed by atoms with E-state index in [1.54, 1.807) is 0 Å². The summed E-state index contributed by atoms with van der Waals surface area (Å²) < 4.78 is 5.61. The molecule has 6 heteroatoms. The number of hydrogen-bond donors (Lipinski definition) is 2. The Morgan fingerprint density at radius 2 is 2.10 bits per heavy atom. The van der Waals surface area contributed by atoms with E-state index < -0.39 is 0 Å². The van der Waals surface area contributed by atoms with Gasteiger partial charge in [0, 0.05) is 24.0 Å². The maximum atomic E-state index is 5.61. The quantitative estimate of drug-likeness (QED) is 0.766. The third-order valence-electron chi connectivity index (χ3n) is 3.03. The van der Waals surface area contributed by atoms with E-state index in [4.69, 9.17) is 4.74 Å². The molecule has 0 saturated carbocycles. The van der Waals surface area contributed by atoms with Gasteiger partial charge in [0.05, 0.1) is 12.3 Å². The fraction of sp³-hybridized carbons (Fsp3) is 0.533. The monoisotopic (exact) mass is 289 g/mol. The first-order valence-corrected chi connectivity index (χ1v) is 7.29. The van der Waals surface area contributed by atoms with Crippen molar-refractivity contribution in [1.29, 1.82) is 0 Å². The molecular weight excluding hydrogens is 266 g/mol. The molecule has 114 valence electrons. The van der Waals surface area contributed by atoms with Crippen LogP contribution in [-0.4, -0.2) is 32.8 Å². The molecule has 6 nitrogen and oxygen atoms in total. The highest BCUT2D eigenvalue weighted by molar-refractivity contribution is 5.30. The van der Waals surface area contributed by atoms with E-state index in [0.717, 1.165) is 30.8 Å². The Hall–Kier alpha value is -2.11. The molecule has 0 atom stereocenters. The molecule has 0 fully saturated rings. The van der Waals surface area contributed by atoms with Crippen LogP contribution in [0.1, 0.15) is 37.2 Å². The first-order valence-electron chi connectivity index (χ1n) is 7.29. The summed E-state index contributed by atoms with van der Waals surface area (Å²) in [6, 6.07) is 1.85. The van der Waals surface area contributed by atoms with Crippen LogP contribution in [0, 0.1) is 13.8 Å². The van der Waals surface area contributed by atoms with Crippen LogP contribution in [0.5, 0.6) is 5.88 Å². The predicted octanol–water partition coefficient (Wildman–Crippen LogP) is 2.65. The summed E-state index contributed by atoms with van der Waals surface area (Å²) in [6.07, 6.45) is 3.97. The van der Waals surface area contributed by atoms with Crippen molar-refractivity contribution in [2.75, 3.05) is 11.9 Å². The Morgan fingerprint density at radius 1 is 1.29 bits per heavy atom. The van der Waals surface area contributed by atoms with Gasteiger partial charge in [-0.25, -0.2) is 4.98 Å². The highest BCUT2D eigenvalue weighted by Gasteiger charge is 2.05. The average molecular weight is 289 g/mol. The zero-order chi connectivity index (χ0) is 15.2. The van der Waals surface area contributed by atoms with Gasteiger partial charge in [-0.05, 0) is 46.1 Å². The van der Waals surface area contributed by atoms with Crippen molar-refractivity contribution in [2.45, 2.75) is 46.6 Å². The van der Waals surface area contributed by atoms with Gasteiger partial charge in [-0.1, -0.05) is 0 Å². The first kappa shape index (κ1) is 15.3. The van der Waals surface area contributed by atoms with Gasteiger partial charge in [0.2, 0.25) is 11.8 Å². The molecule has 2 rings (SSSR count). The predicted molar refractivity (Wildman–Crippen MR) is 82.7 cm³/mol. The van der Waals surface area contributed by atoms with Gasteiger partial charge in [0.1, 0.15) is 0 Å². The second-order valence-corrected chi connectivity index (χ2v) is 5.39.